The van der Waals surface area contributed by atoms with Crippen molar-refractivity contribution in [2.75, 3.05) is 19.1 Å². The number of hydrogen-bond donors (Lipinski definition) is 2. The molecule has 0 radical (unpaired) electrons. The van der Waals surface area contributed by atoms with Crippen LogP contribution in [0.1, 0.15) is 11.1 Å². The van der Waals surface area contributed by atoms with E-state index in [0.29, 0.717) is 16.2 Å². The quantitative estimate of drug-likeness (QED) is 0.472. The fraction of sp³-hybridized carbons (Fsp3) is 0.158. The van der Waals surface area contributed by atoms with Gasteiger partial charge in [-0.25, -0.2) is 0 Å². The highest BCUT2D eigenvalue weighted by atomic mass is 127. The molecule has 2 N–H and O–H groups in total. The number of rotatable bonds is 5. The first-order valence-electron chi connectivity index (χ1n) is 8.01. The number of benzene rings is 2. The van der Waals surface area contributed by atoms with Gasteiger partial charge in [-0.2, -0.15) is 0 Å². The molecule has 1 saturated heterocycles. The third-order valence-electron chi connectivity index (χ3n) is 3.99. The minimum atomic E-state index is -0.354. The lowest BCUT2D eigenvalue weighted by atomic mass is 10.2. The van der Waals surface area contributed by atoms with Gasteiger partial charge in [-0.1, -0.05) is 6.07 Å². The molecule has 0 spiro atoms. The molecule has 3 rings (SSSR count). The Bertz CT molecular complexity index is 945. The third kappa shape index (κ3) is 4.38. The fourth-order valence-electron chi connectivity index (χ4n) is 2.56. The Morgan fingerprint density at radius 3 is 2.74 bits per heavy atom. The fourth-order valence-corrected chi connectivity index (χ4v) is 4.05. The van der Waals surface area contributed by atoms with Crippen molar-refractivity contribution in [2.24, 2.45) is 0 Å². The lowest BCUT2D eigenvalue weighted by Crippen LogP contribution is -2.33. The van der Waals surface area contributed by atoms with Gasteiger partial charge in [0.15, 0.2) is 11.5 Å². The normalized spacial score (nSPS) is 15.5. The minimum absolute atomic E-state index is 0.0137. The van der Waals surface area contributed by atoms with Crippen LogP contribution in [-0.4, -0.2) is 34.9 Å². The summed E-state index contributed by atoms with van der Waals surface area (Å²) in [6.07, 6.45) is 1.61. The summed E-state index contributed by atoms with van der Waals surface area (Å²) in [5, 5.41) is 12.5. The number of hydrogen-bond acceptors (Lipinski definition) is 6. The van der Waals surface area contributed by atoms with Gasteiger partial charge in [0.2, 0.25) is 0 Å². The summed E-state index contributed by atoms with van der Waals surface area (Å²) in [5.41, 5.74) is 2.58. The van der Waals surface area contributed by atoms with Crippen molar-refractivity contribution >= 4 is 57.3 Å². The van der Waals surface area contributed by atoms with Crippen molar-refractivity contribution in [3.63, 3.8) is 0 Å². The second kappa shape index (κ2) is 8.22. The van der Waals surface area contributed by atoms with E-state index in [0.717, 1.165) is 26.6 Å². The van der Waals surface area contributed by atoms with E-state index < -0.39 is 0 Å². The van der Waals surface area contributed by atoms with Crippen molar-refractivity contribution in [3.05, 3.63) is 56.0 Å². The number of amides is 2. The van der Waals surface area contributed by atoms with Crippen LogP contribution in [0.3, 0.4) is 0 Å². The topological polar surface area (TPSA) is 78.9 Å². The molecule has 1 fully saturated rings. The van der Waals surface area contributed by atoms with Gasteiger partial charge in [-0.3, -0.25) is 14.5 Å². The number of imide groups is 1. The smallest absolute Gasteiger partial charge is 0.295 e. The van der Waals surface area contributed by atoms with Crippen molar-refractivity contribution < 1.29 is 19.4 Å². The summed E-state index contributed by atoms with van der Waals surface area (Å²) < 4.78 is 6.19. The van der Waals surface area contributed by atoms with Gasteiger partial charge in [-0.15, -0.1) is 0 Å². The number of carbonyl (C=O) groups is 2. The zero-order chi connectivity index (χ0) is 19.6. The molecule has 140 valence electrons. The predicted molar refractivity (Wildman–Crippen MR) is 115 cm³/mol. The summed E-state index contributed by atoms with van der Waals surface area (Å²) in [4.78, 5) is 26.3. The Morgan fingerprint density at radius 2 is 2.04 bits per heavy atom. The van der Waals surface area contributed by atoms with Crippen LogP contribution in [0.4, 0.5) is 10.5 Å². The number of carbonyl (C=O) groups excluding carboxylic acids is 2. The van der Waals surface area contributed by atoms with Gasteiger partial charge in [0.1, 0.15) is 0 Å². The number of methoxy groups -OCH3 is 1. The zero-order valence-electron chi connectivity index (χ0n) is 14.7. The summed E-state index contributed by atoms with van der Waals surface area (Å²) in [7, 11) is 1.45. The molecule has 2 aromatic rings. The molecule has 0 atom stereocenters. The number of aryl methyl sites for hydroxylation is 1. The van der Waals surface area contributed by atoms with Crippen LogP contribution in [0.5, 0.6) is 11.5 Å². The Balaban J connectivity index is 1.74. The van der Waals surface area contributed by atoms with Gasteiger partial charge < -0.3 is 15.2 Å². The molecule has 0 aromatic heterocycles. The maximum atomic E-state index is 12.6. The maximum absolute atomic E-state index is 12.6. The van der Waals surface area contributed by atoms with E-state index in [2.05, 4.69) is 27.9 Å². The molecule has 6 nitrogen and oxygen atoms in total. The average Bonchev–Trinajstić information content (AvgIpc) is 2.89. The largest absolute Gasteiger partial charge is 0.504 e. The number of thioether (sulfide) groups is 1. The molecule has 2 amide bonds. The first-order valence-corrected chi connectivity index (χ1v) is 9.91. The van der Waals surface area contributed by atoms with Gasteiger partial charge in [0.25, 0.3) is 11.1 Å². The first-order chi connectivity index (χ1) is 12.9. The minimum Gasteiger partial charge on any atom is -0.504 e. The van der Waals surface area contributed by atoms with E-state index in [1.54, 1.807) is 18.2 Å². The van der Waals surface area contributed by atoms with Crippen LogP contribution in [0.25, 0.3) is 6.08 Å². The van der Waals surface area contributed by atoms with Crippen LogP contribution in [0.15, 0.2) is 41.3 Å². The number of anilines is 1. The second-order valence-electron chi connectivity index (χ2n) is 5.84. The van der Waals surface area contributed by atoms with Gasteiger partial charge in [0, 0.05) is 9.26 Å². The summed E-state index contributed by atoms with van der Waals surface area (Å²) in [6.45, 7) is 2.07. The van der Waals surface area contributed by atoms with E-state index in [-0.39, 0.29) is 23.6 Å². The molecule has 0 bridgehead atoms. The Labute approximate surface area is 174 Å². The lowest BCUT2D eigenvalue weighted by molar-refractivity contribution is -0.122. The first kappa shape index (κ1) is 19.6. The summed E-state index contributed by atoms with van der Waals surface area (Å²) in [6, 6.07) is 10.6. The molecule has 8 heteroatoms. The molecule has 1 heterocycles. The van der Waals surface area contributed by atoms with E-state index in [9.17, 15) is 14.7 Å². The molecule has 0 unspecified atom stereocenters. The number of nitrogens with zero attached hydrogens (tertiary/aromatic N) is 1. The van der Waals surface area contributed by atoms with E-state index >= 15 is 0 Å². The zero-order valence-corrected chi connectivity index (χ0v) is 17.6. The van der Waals surface area contributed by atoms with E-state index in [1.165, 1.54) is 18.1 Å². The lowest BCUT2D eigenvalue weighted by Gasteiger charge is -2.16. The van der Waals surface area contributed by atoms with Gasteiger partial charge in [0.05, 0.1) is 18.7 Å². The number of phenolic OH excluding ortho intramolecular Hbond substituents is 1. The highest BCUT2D eigenvalue weighted by Crippen LogP contribution is 2.34. The van der Waals surface area contributed by atoms with Crippen molar-refractivity contribution in [3.8, 4) is 11.5 Å². The SMILES string of the molecule is COc1cc(/C=C2\SC(=O)N(CNc3ccc(I)cc3C)C2=O)ccc1O. The third-order valence-corrected chi connectivity index (χ3v) is 5.57. The maximum Gasteiger partial charge on any atom is 0.295 e. The molecule has 0 saturated carbocycles. The highest BCUT2D eigenvalue weighted by molar-refractivity contribution is 14.1. The second-order valence-corrected chi connectivity index (χ2v) is 8.07. The Kier molecular flexibility index (Phi) is 5.95. The van der Waals surface area contributed by atoms with Crippen LogP contribution in [0, 0.1) is 10.5 Å². The molecular weight excluding hydrogens is 479 g/mol. The number of aromatic hydroxyl groups is 1. The predicted octanol–water partition coefficient (Wildman–Crippen LogP) is 4.42. The van der Waals surface area contributed by atoms with Crippen molar-refractivity contribution in [1.29, 1.82) is 0 Å². The standard InChI is InChI=1S/C19H17IN2O4S/c1-11-7-13(20)4-5-14(11)21-10-22-18(24)17(27-19(22)25)9-12-3-6-15(23)16(8-12)26-2/h3-9,21,23H,10H2,1-2H3/b17-9-. The van der Waals surface area contributed by atoms with E-state index in [4.69, 9.17) is 4.74 Å². The molecule has 0 aliphatic carbocycles. The van der Waals surface area contributed by atoms with Crippen LogP contribution >= 0.6 is 34.4 Å². The van der Waals surface area contributed by atoms with Crippen LogP contribution < -0.4 is 10.1 Å². The van der Waals surface area contributed by atoms with E-state index in [1.807, 2.05) is 25.1 Å². The Hall–Kier alpha value is -2.20. The number of nitrogens with one attached hydrogen (secondary N) is 1. The van der Waals surface area contributed by atoms with Gasteiger partial charge in [-0.05, 0) is 88.8 Å². The number of ether oxygens (including phenoxy) is 1. The van der Waals surface area contributed by atoms with Crippen molar-refractivity contribution in [1.82, 2.24) is 4.90 Å². The molecule has 2 aromatic carbocycles. The van der Waals surface area contributed by atoms with Gasteiger partial charge >= 0.3 is 0 Å². The summed E-state index contributed by atoms with van der Waals surface area (Å²) >= 11 is 3.12. The van der Waals surface area contributed by atoms with Crippen LogP contribution in [-0.2, 0) is 4.79 Å². The molecule has 27 heavy (non-hydrogen) atoms. The molecule has 1 aliphatic heterocycles. The monoisotopic (exact) mass is 496 g/mol. The van der Waals surface area contributed by atoms with Crippen LogP contribution in [0.2, 0.25) is 0 Å². The molecular formula is C19H17IN2O4S. The number of phenols is 1. The Morgan fingerprint density at radius 1 is 1.26 bits per heavy atom. The number of halogens is 1. The molecule has 1 aliphatic rings. The highest BCUT2D eigenvalue weighted by Gasteiger charge is 2.34. The van der Waals surface area contributed by atoms with Crippen molar-refractivity contribution in [2.45, 2.75) is 6.92 Å². The summed E-state index contributed by atoms with van der Waals surface area (Å²) in [5.74, 6) is -0.0358. The average molecular weight is 496 g/mol.